The molecule has 2 heterocycles. The Morgan fingerprint density at radius 3 is 2.30 bits per heavy atom. The fourth-order valence-corrected chi connectivity index (χ4v) is 7.47. The van der Waals surface area contributed by atoms with Gasteiger partial charge in [0, 0.05) is 24.0 Å². The van der Waals surface area contributed by atoms with Gasteiger partial charge >= 0.3 is 0 Å². The van der Waals surface area contributed by atoms with E-state index < -0.39 is 34.6 Å². The van der Waals surface area contributed by atoms with Crippen LogP contribution in [0.25, 0.3) is 0 Å². The minimum absolute atomic E-state index is 0.0783. The second kappa shape index (κ2) is 11.5. The molecule has 1 aromatic heterocycles. The number of thiazole rings is 1. The van der Waals surface area contributed by atoms with Gasteiger partial charge in [-0.15, -0.1) is 11.3 Å². The number of likely N-dealkylation sites (tertiary alicyclic amines) is 1. The lowest BCUT2D eigenvalue weighted by atomic mass is 9.80. The summed E-state index contributed by atoms with van der Waals surface area (Å²) in [6.45, 7) is 16.3. The number of rotatable bonds is 11. The molecule has 238 valence electrons. The number of amides is 4. The molecular weight excluding hydrogens is 568 g/mol. The van der Waals surface area contributed by atoms with Crippen molar-refractivity contribution in [2.45, 2.75) is 105 Å². The Kier molecular flexibility index (Phi) is 8.78. The van der Waals surface area contributed by atoms with E-state index in [1.54, 1.807) is 4.90 Å². The van der Waals surface area contributed by atoms with Crippen LogP contribution in [0.1, 0.15) is 86.8 Å². The molecule has 5 N–H and O–H groups in total. The predicted octanol–water partition coefficient (Wildman–Crippen LogP) is 2.64. The van der Waals surface area contributed by atoms with Gasteiger partial charge in [0.1, 0.15) is 6.04 Å². The van der Waals surface area contributed by atoms with Gasteiger partial charge in [0.05, 0.1) is 23.6 Å². The predicted molar refractivity (Wildman–Crippen MR) is 165 cm³/mol. The van der Waals surface area contributed by atoms with Gasteiger partial charge in [-0.1, -0.05) is 53.9 Å². The van der Waals surface area contributed by atoms with Gasteiger partial charge in [0.25, 0.3) is 5.91 Å². The topological polar surface area (TPSA) is 164 Å². The number of carbonyl (C=O) groups is 5. The average molecular weight is 617 g/mol. The summed E-state index contributed by atoms with van der Waals surface area (Å²) in [7, 11) is 0. The molecule has 1 unspecified atom stereocenters. The van der Waals surface area contributed by atoms with Crippen LogP contribution in [0.4, 0.5) is 5.13 Å². The maximum atomic E-state index is 14.0. The van der Waals surface area contributed by atoms with Crippen LogP contribution >= 0.6 is 11.3 Å². The Balaban J connectivity index is 1.46. The van der Waals surface area contributed by atoms with Crippen LogP contribution in [0, 0.1) is 28.1 Å². The van der Waals surface area contributed by atoms with E-state index in [0.29, 0.717) is 23.8 Å². The third kappa shape index (κ3) is 6.73. The smallest absolute Gasteiger partial charge is 0.287 e. The monoisotopic (exact) mass is 616 g/mol. The van der Waals surface area contributed by atoms with Gasteiger partial charge in [-0.3, -0.25) is 24.0 Å². The van der Waals surface area contributed by atoms with Crippen molar-refractivity contribution in [2.24, 2.45) is 33.8 Å². The fourth-order valence-electron chi connectivity index (χ4n) is 6.73. The molecule has 0 radical (unpaired) electrons. The van der Waals surface area contributed by atoms with Gasteiger partial charge in [-0.2, -0.15) is 0 Å². The molecule has 1 aliphatic heterocycles. The average Bonchev–Trinajstić information content (AvgIpc) is 3.25. The summed E-state index contributed by atoms with van der Waals surface area (Å²) in [5.74, 6) is -2.16. The van der Waals surface area contributed by atoms with Gasteiger partial charge in [-0.25, -0.2) is 4.98 Å². The normalized spacial score (nSPS) is 24.3. The molecule has 4 atom stereocenters. The zero-order valence-corrected chi connectivity index (χ0v) is 27.6. The first-order chi connectivity index (χ1) is 19.8. The Labute approximate surface area is 258 Å². The van der Waals surface area contributed by atoms with Crippen molar-refractivity contribution in [3.05, 3.63) is 11.1 Å². The second-order valence-corrected chi connectivity index (χ2v) is 16.2. The lowest BCUT2D eigenvalue weighted by Gasteiger charge is -2.35. The summed E-state index contributed by atoms with van der Waals surface area (Å²) in [5, 5.41) is 11.5. The number of nitrogens with one attached hydrogen (secondary N) is 3. The zero-order valence-electron chi connectivity index (χ0n) is 26.8. The summed E-state index contributed by atoms with van der Waals surface area (Å²) < 4.78 is 0. The SMILES string of the molecule is CC(C)(C)NC(=O)Cc1csc(N[C@@H](C(=O)N2C[C@H]3C(C)(C)[C@]3(C(=O)NC(CC3CCC3)C(=O)C(N)=O)C2)C(C)(C)C)n1. The number of hydrogen-bond donors (Lipinski definition) is 4. The van der Waals surface area contributed by atoms with Crippen LogP contribution in [0.2, 0.25) is 0 Å². The number of fused-ring (bicyclic) bond motifs is 1. The highest BCUT2D eigenvalue weighted by molar-refractivity contribution is 7.13. The molecule has 2 aliphatic carbocycles. The first kappa shape index (κ1) is 32.9. The van der Waals surface area contributed by atoms with Crippen LogP contribution in [0.3, 0.4) is 0 Å². The Bertz CT molecular complexity index is 1290. The van der Waals surface area contributed by atoms with Crippen molar-refractivity contribution in [1.29, 1.82) is 0 Å². The van der Waals surface area contributed by atoms with Gasteiger partial charge in [-0.05, 0) is 49.9 Å². The number of primary amides is 1. The molecule has 3 fully saturated rings. The summed E-state index contributed by atoms with van der Waals surface area (Å²) in [6, 6.07) is -1.57. The number of Topliss-reactive ketones (excluding diaryl/α,β-unsaturated/α-hetero) is 1. The van der Waals surface area contributed by atoms with E-state index in [0.717, 1.165) is 19.3 Å². The van der Waals surface area contributed by atoms with Crippen molar-refractivity contribution in [2.75, 3.05) is 18.4 Å². The molecule has 4 amide bonds. The molecule has 1 saturated heterocycles. The lowest BCUT2D eigenvalue weighted by Crippen LogP contribution is -2.53. The first-order valence-electron chi connectivity index (χ1n) is 15.2. The van der Waals surface area contributed by atoms with Crippen molar-refractivity contribution in [3.63, 3.8) is 0 Å². The molecule has 1 aromatic rings. The summed E-state index contributed by atoms with van der Waals surface area (Å²) in [5.41, 5.74) is 3.90. The number of nitrogens with two attached hydrogens (primary N) is 1. The van der Waals surface area contributed by atoms with E-state index in [1.165, 1.54) is 11.3 Å². The Morgan fingerprint density at radius 2 is 1.77 bits per heavy atom. The van der Waals surface area contributed by atoms with E-state index in [1.807, 2.05) is 60.8 Å². The molecule has 0 bridgehead atoms. The second-order valence-electron chi connectivity index (χ2n) is 15.3. The Hall–Kier alpha value is -3.02. The van der Waals surface area contributed by atoms with Crippen LogP contribution < -0.4 is 21.7 Å². The number of aromatic nitrogens is 1. The number of nitrogens with zero attached hydrogens (tertiary/aromatic N) is 2. The zero-order chi connectivity index (χ0) is 32.1. The van der Waals surface area contributed by atoms with E-state index in [2.05, 4.69) is 20.9 Å². The van der Waals surface area contributed by atoms with E-state index in [4.69, 9.17) is 5.73 Å². The number of anilines is 1. The molecular formula is C31H48N6O5S. The van der Waals surface area contributed by atoms with Gasteiger partial charge in [0.15, 0.2) is 5.13 Å². The van der Waals surface area contributed by atoms with E-state index in [9.17, 15) is 24.0 Å². The third-order valence-electron chi connectivity index (χ3n) is 9.54. The quantitative estimate of drug-likeness (QED) is 0.278. The van der Waals surface area contributed by atoms with Crippen LogP contribution in [-0.2, 0) is 30.4 Å². The highest BCUT2D eigenvalue weighted by Gasteiger charge is 2.79. The van der Waals surface area contributed by atoms with Crippen LogP contribution in [-0.4, -0.2) is 70.0 Å². The molecule has 0 spiro atoms. The summed E-state index contributed by atoms with van der Waals surface area (Å²) >= 11 is 1.34. The van der Waals surface area contributed by atoms with E-state index in [-0.39, 0.29) is 53.5 Å². The number of carbonyl (C=O) groups excluding carboxylic acids is 5. The first-order valence-corrected chi connectivity index (χ1v) is 16.1. The highest BCUT2D eigenvalue weighted by atomic mass is 32.1. The number of hydrogen-bond acceptors (Lipinski definition) is 8. The lowest BCUT2D eigenvalue weighted by molar-refractivity contribution is -0.140. The van der Waals surface area contributed by atoms with Gasteiger partial charge < -0.3 is 26.6 Å². The van der Waals surface area contributed by atoms with Gasteiger partial charge in [0.2, 0.25) is 23.5 Å². The molecule has 3 aliphatic rings. The Morgan fingerprint density at radius 1 is 1.12 bits per heavy atom. The number of ketones is 1. The molecule has 2 saturated carbocycles. The minimum Gasteiger partial charge on any atom is -0.363 e. The largest absolute Gasteiger partial charge is 0.363 e. The van der Waals surface area contributed by atoms with Crippen molar-refractivity contribution in [3.8, 4) is 0 Å². The molecule has 11 nitrogen and oxygen atoms in total. The van der Waals surface area contributed by atoms with Crippen molar-refractivity contribution >= 4 is 45.9 Å². The standard InChI is InChI=1S/C31H48N6O5S/c1-28(2,3)23(35-27-33-18(15-43-27)13-21(38)36-29(4,5)6)25(41)37-14-20-30(7,8)31(20,16-37)26(42)34-19(22(39)24(32)40)12-17-10-9-11-17/h15,17,19-20,23H,9-14,16H2,1-8H3,(H2,32,40)(H,33,35)(H,34,42)(H,36,38)/t19?,20-,23-,31+/m0/s1. The molecule has 0 aromatic carbocycles. The number of piperidine rings is 1. The van der Waals surface area contributed by atoms with E-state index >= 15 is 0 Å². The van der Waals surface area contributed by atoms with Crippen LogP contribution in [0.15, 0.2) is 5.38 Å². The molecule has 43 heavy (non-hydrogen) atoms. The van der Waals surface area contributed by atoms with Crippen LogP contribution in [0.5, 0.6) is 0 Å². The van der Waals surface area contributed by atoms with Crippen molar-refractivity contribution in [1.82, 2.24) is 20.5 Å². The summed E-state index contributed by atoms with van der Waals surface area (Å²) in [4.78, 5) is 70.9. The maximum absolute atomic E-state index is 14.0. The molecule has 4 rings (SSSR count). The highest BCUT2D eigenvalue weighted by Crippen LogP contribution is 2.72. The van der Waals surface area contributed by atoms with Crippen molar-refractivity contribution < 1.29 is 24.0 Å². The summed E-state index contributed by atoms with van der Waals surface area (Å²) in [6.07, 6.45) is 3.55. The molecule has 12 heteroatoms. The fraction of sp³-hybridized carbons (Fsp3) is 0.742. The third-order valence-corrected chi connectivity index (χ3v) is 10.4. The minimum atomic E-state index is -1.05. The maximum Gasteiger partial charge on any atom is 0.287 e.